The molecule has 0 spiro atoms. The van der Waals surface area contributed by atoms with Crippen LogP contribution in [0.15, 0.2) is 53.4 Å². The molecule has 0 aromatic heterocycles. The summed E-state index contributed by atoms with van der Waals surface area (Å²) in [6.45, 7) is 2.48. The van der Waals surface area contributed by atoms with Gasteiger partial charge in [0.05, 0.1) is 4.91 Å². The van der Waals surface area contributed by atoms with E-state index in [0.29, 0.717) is 17.0 Å². The summed E-state index contributed by atoms with van der Waals surface area (Å²) in [4.78, 5) is 35.2. The van der Waals surface area contributed by atoms with Crippen LogP contribution < -0.4 is 10.6 Å². The molecule has 126 valence electrons. The molecule has 5 nitrogen and oxygen atoms in total. The number of imide groups is 1. The summed E-state index contributed by atoms with van der Waals surface area (Å²) in [7, 11) is 0. The fourth-order valence-corrected chi connectivity index (χ4v) is 2.98. The third kappa shape index (κ3) is 4.36. The van der Waals surface area contributed by atoms with E-state index < -0.39 is 5.91 Å². The zero-order valence-electron chi connectivity index (χ0n) is 13.5. The van der Waals surface area contributed by atoms with Gasteiger partial charge in [-0.2, -0.15) is 0 Å². The Bertz CT molecular complexity index is 855. The average Bonchev–Trinajstić information content (AvgIpc) is 2.92. The van der Waals surface area contributed by atoms with E-state index in [0.717, 1.165) is 22.9 Å². The van der Waals surface area contributed by atoms with Crippen molar-refractivity contribution in [2.45, 2.75) is 13.5 Å². The van der Waals surface area contributed by atoms with Crippen LogP contribution in [0.4, 0.5) is 4.79 Å². The molecule has 3 amide bonds. The van der Waals surface area contributed by atoms with Gasteiger partial charge in [0.25, 0.3) is 17.1 Å². The van der Waals surface area contributed by atoms with Crippen molar-refractivity contribution in [1.29, 1.82) is 0 Å². The fourth-order valence-electron chi connectivity index (χ4n) is 2.29. The Hall–Kier alpha value is -2.86. The van der Waals surface area contributed by atoms with E-state index in [9.17, 15) is 14.4 Å². The van der Waals surface area contributed by atoms with Crippen molar-refractivity contribution >= 4 is 34.9 Å². The topological polar surface area (TPSA) is 75.3 Å². The van der Waals surface area contributed by atoms with Gasteiger partial charge in [0.2, 0.25) is 0 Å². The quantitative estimate of drug-likeness (QED) is 0.828. The van der Waals surface area contributed by atoms with Gasteiger partial charge in [-0.05, 0) is 48.0 Å². The minimum Gasteiger partial charge on any atom is -0.348 e. The molecule has 0 unspecified atom stereocenters. The van der Waals surface area contributed by atoms with Gasteiger partial charge in [-0.1, -0.05) is 42.0 Å². The molecule has 0 aliphatic carbocycles. The number of thioether (sulfide) groups is 1. The Labute approximate surface area is 149 Å². The van der Waals surface area contributed by atoms with Crippen LogP contribution in [-0.2, 0) is 11.3 Å². The number of hydrogen-bond acceptors (Lipinski definition) is 4. The number of amides is 3. The van der Waals surface area contributed by atoms with Crippen molar-refractivity contribution in [3.63, 3.8) is 0 Å². The monoisotopic (exact) mass is 352 g/mol. The molecule has 2 N–H and O–H groups in total. The Morgan fingerprint density at radius 1 is 1.08 bits per heavy atom. The summed E-state index contributed by atoms with van der Waals surface area (Å²) in [5, 5.41) is 4.71. The van der Waals surface area contributed by atoms with Crippen LogP contribution in [0, 0.1) is 6.92 Å². The SMILES string of the molecule is Cc1ccc(CNC(=O)c2ccc(/C=C3/SC(=O)NC3=O)cc2)cc1. The number of carbonyl (C=O) groups excluding carboxylic acids is 3. The molecule has 0 radical (unpaired) electrons. The summed E-state index contributed by atoms with van der Waals surface area (Å²) < 4.78 is 0. The molecule has 0 saturated carbocycles. The number of benzene rings is 2. The molecule has 0 atom stereocenters. The summed E-state index contributed by atoms with van der Waals surface area (Å²) >= 11 is 0.868. The molecule has 1 aliphatic rings. The van der Waals surface area contributed by atoms with E-state index >= 15 is 0 Å². The molecule has 2 aromatic rings. The predicted molar refractivity (Wildman–Crippen MR) is 97.9 cm³/mol. The molecule has 3 rings (SSSR count). The molecule has 2 aromatic carbocycles. The maximum absolute atomic E-state index is 12.2. The molecule has 25 heavy (non-hydrogen) atoms. The van der Waals surface area contributed by atoms with Crippen molar-refractivity contribution in [2.24, 2.45) is 0 Å². The van der Waals surface area contributed by atoms with E-state index in [1.165, 1.54) is 5.56 Å². The lowest BCUT2D eigenvalue weighted by atomic mass is 10.1. The van der Waals surface area contributed by atoms with E-state index in [4.69, 9.17) is 0 Å². The van der Waals surface area contributed by atoms with Crippen LogP contribution in [0.2, 0.25) is 0 Å². The normalized spacial score (nSPS) is 15.3. The van der Waals surface area contributed by atoms with E-state index in [-0.39, 0.29) is 11.1 Å². The highest BCUT2D eigenvalue weighted by molar-refractivity contribution is 8.18. The molecule has 1 heterocycles. The van der Waals surface area contributed by atoms with Crippen molar-refractivity contribution < 1.29 is 14.4 Å². The molecular weight excluding hydrogens is 336 g/mol. The largest absolute Gasteiger partial charge is 0.348 e. The number of hydrogen-bond donors (Lipinski definition) is 2. The lowest BCUT2D eigenvalue weighted by molar-refractivity contribution is -0.115. The third-order valence-corrected chi connectivity index (χ3v) is 4.50. The molecule has 1 saturated heterocycles. The Morgan fingerprint density at radius 2 is 1.76 bits per heavy atom. The highest BCUT2D eigenvalue weighted by Crippen LogP contribution is 2.25. The summed E-state index contributed by atoms with van der Waals surface area (Å²) in [5.41, 5.74) is 3.50. The fraction of sp³-hybridized carbons (Fsp3) is 0.105. The van der Waals surface area contributed by atoms with Crippen LogP contribution in [0.5, 0.6) is 0 Å². The van der Waals surface area contributed by atoms with Crippen molar-refractivity contribution in [3.8, 4) is 0 Å². The van der Waals surface area contributed by atoms with Gasteiger partial charge < -0.3 is 5.32 Å². The van der Waals surface area contributed by atoms with E-state index in [2.05, 4.69) is 10.6 Å². The van der Waals surface area contributed by atoms with Crippen LogP contribution in [0.25, 0.3) is 6.08 Å². The minimum absolute atomic E-state index is 0.164. The Kier molecular flexibility index (Phi) is 5.00. The lowest BCUT2D eigenvalue weighted by Gasteiger charge is -2.06. The standard InChI is InChI=1S/C19H16N2O3S/c1-12-2-4-14(5-3-12)11-20-17(22)15-8-6-13(7-9-15)10-16-18(23)21-19(24)25-16/h2-10H,11H2,1H3,(H,20,22)(H,21,23,24)/b16-10+. The van der Waals surface area contributed by atoms with Gasteiger partial charge in [0, 0.05) is 12.1 Å². The van der Waals surface area contributed by atoms with Crippen molar-refractivity contribution in [2.75, 3.05) is 0 Å². The predicted octanol–water partition coefficient (Wildman–Crippen LogP) is 3.25. The Morgan fingerprint density at radius 3 is 2.36 bits per heavy atom. The van der Waals surface area contributed by atoms with Gasteiger partial charge in [0.15, 0.2) is 0 Å². The van der Waals surface area contributed by atoms with Gasteiger partial charge in [-0.3, -0.25) is 19.7 Å². The molecule has 1 fully saturated rings. The number of carbonyl (C=O) groups is 3. The maximum Gasteiger partial charge on any atom is 0.290 e. The van der Waals surface area contributed by atoms with Crippen LogP contribution >= 0.6 is 11.8 Å². The smallest absolute Gasteiger partial charge is 0.290 e. The average molecular weight is 352 g/mol. The number of nitrogens with one attached hydrogen (secondary N) is 2. The lowest BCUT2D eigenvalue weighted by Crippen LogP contribution is -2.22. The van der Waals surface area contributed by atoms with Crippen LogP contribution in [-0.4, -0.2) is 17.1 Å². The maximum atomic E-state index is 12.2. The number of aryl methyl sites for hydroxylation is 1. The first kappa shape index (κ1) is 17.0. The van der Waals surface area contributed by atoms with Gasteiger partial charge >= 0.3 is 0 Å². The second-order valence-electron chi connectivity index (χ2n) is 5.64. The molecular formula is C19H16N2O3S. The highest BCUT2D eigenvalue weighted by atomic mass is 32.2. The molecule has 0 bridgehead atoms. The Balaban J connectivity index is 1.62. The van der Waals surface area contributed by atoms with Gasteiger partial charge in [-0.25, -0.2) is 0 Å². The first-order chi connectivity index (χ1) is 12.0. The minimum atomic E-state index is -0.394. The molecule has 1 aliphatic heterocycles. The van der Waals surface area contributed by atoms with E-state index in [1.807, 2.05) is 31.2 Å². The highest BCUT2D eigenvalue weighted by Gasteiger charge is 2.24. The van der Waals surface area contributed by atoms with Gasteiger partial charge in [-0.15, -0.1) is 0 Å². The molecule has 6 heteroatoms. The van der Waals surface area contributed by atoms with E-state index in [1.54, 1.807) is 30.3 Å². The van der Waals surface area contributed by atoms with Gasteiger partial charge in [0.1, 0.15) is 0 Å². The number of rotatable bonds is 4. The van der Waals surface area contributed by atoms with Crippen LogP contribution in [0.3, 0.4) is 0 Å². The summed E-state index contributed by atoms with van der Waals surface area (Å²) in [5.74, 6) is -0.558. The summed E-state index contributed by atoms with van der Waals surface area (Å²) in [6, 6.07) is 14.8. The van der Waals surface area contributed by atoms with Crippen molar-refractivity contribution in [3.05, 3.63) is 75.7 Å². The zero-order valence-corrected chi connectivity index (χ0v) is 14.4. The first-order valence-corrected chi connectivity index (χ1v) is 8.51. The summed E-state index contributed by atoms with van der Waals surface area (Å²) in [6.07, 6.45) is 1.62. The zero-order chi connectivity index (χ0) is 17.8. The second kappa shape index (κ2) is 7.36. The van der Waals surface area contributed by atoms with Crippen LogP contribution in [0.1, 0.15) is 27.0 Å². The van der Waals surface area contributed by atoms with Crippen molar-refractivity contribution in [1.82, 2.24) is 10.6 Å². The first-order valence-electron chi connectivity index (χ1n) is 7.70. The third-order valence-electron chi connectivity index (χ3n) is 3.69. The second-order valence-corrected chi connectivity index (χ2v) is 6.66.